The minimum atomic E-state index is -0.646. The van der Waals surface area contributed by atoms with Crippen molar-refractivity contribution in [3.05, 3.63) is 105 Å². The maximum absolute atomic E-state index is 13.5. The number of esters is 1. The van der Waals surface area contributed by atoms with Crippen LogP contribution < -0.4 is 10.2 Å². The van der Waals surface area contributed by atoms with Crippen LogP contribution >= 0.6 is 27.7 Å². The molecular weight excluding hydrogens is 554 g/mol. The number of hydrogen-bond donors (Lipinski definition) is 1. The molecule has 37 heavy (non-hydrogen) atoms. The molecular formula is C28H22BrN3O4S. The fourth-order valence-corrected chi connectivity index (χ4v) is 5.30. The fraction of sp³-hybridized carbons (Fsp3) is 0.143. The molecule has 0 spiro atoms. The summed E-state index contributed by atoms with van der Waals surface area (Å²) in [4.78, 5) is 40.0. The number of ether oxygens (including phenoxy) is 1. The zero-order chi connectivity index (χ0) is 26.4. The first-order valence-electron chi connectivity index (χ1n) is 11.4. The van der Waals surface area contributed by atoms with E-state index in [0.717, 1.165) is 10.0 Å². The Morgan fingerprint density at radius 1 is 1.05 bits per heavy atom. The number of nitrogens with zero attached hydrogens (tertiary/aromatic N) is 2. The van der Waals surface area contributed by atoms with Gasteiger partial charge < -0.3 is 10.1 Å². The van der Waals surface area contributed by atoms with Crippen molar-refractivity contribution in [2.45, 2.75) is 18.6 Å². The number of hydrogen-bond acceptors (Lipinski definition) is 6. The van der Waals surface area contributed by atoms with Gasteiger partial charge in [-0.2, -0.15) is 5.26 Å². The Bertz CT molecular complexity index is 1380. The summed E-state index contributed by atoms with van der Waals surface area (Å²) >= 11 is 4.62. The molecule has 0 saturated carbocycles. The van der Waals surface area contributed by atoms with Gasteiger partial charge in [0, 0.05) is 15.8 Å². The first-order valence-corrected chi connectivity index (χ1v) is 13.1. The summed E-state index contributed by atoms with van der Waals surface area (Å²) in [6, 6.07) is 24.8. The molecule has 0 aromatic heterocycles. The third-order valence-electron chi connectivity index (χ3n) is 5.51. The standard InChI is InChI=1S/C28H22BrN3O4S/c1-2-36-28(35)19-10-14-21(15-11-19)31-25(33)23(17-30)27-32(22-6-4-3-5-7-22)26(34)24(37-27)16-18-8-12-20(29)13-9-18/h3-15,24H,2,16H2,1H3,(H,31,33)/b27-23-/t24-/m1/s1. The number of anilines is 2. The van der Waals surface area contributed by atoms with Crippen LogP contribution in [0.15, 0.2) is 93.9 Å². The monoisotopic (exact) mass is 575 g/mol. The highest BCUT2D eigenvalue weighted by Crippen LogP contribution is 2.42. The molecule has 1 aliphatic rings. The molecule has 186 valence electrons. The molecule has 3 aromatic carbocycles. The molecule has 2 amide bonds. The maximum atomic E-state index is 13.5. The van der Waals surface area contributed by atoms with Crippen LogP contribution in [0.5, 0.6) is 0 Å². The lowest BCUT2D eigenvalue weighted by Gasteiger charge is -2.18. The number of thioether (sulfide) groups is 1. The summed E-state index contributed by atoms with van der Waals surface area (Å²) in [7, 11) is 0. The van der Waals surface area contributed by atoms with Crippen LogP contribution in [0.1, 0.15) is 22.8 Å². The highest BCUT2D eigenvalue weighted by molar-refractivity contribution is 9.10. The SMILES string of the molecule is CCOC(=O)c1ccc(NC(=O)/C(C#N)=C2\S[C@H](Cc3ccc(Br)cc3)C(=O)N2c2ccccc2)cc1. The first-order chi connectivity index (χ1) is 17.9. The Balaban J connectivity index is 1.63. The topological polar surface area (TPSA) is 99.5 Å². The van der Waals surface area contributed by atoms with Gasteiger partial charge in [-0.05, 0) is 67.4 Å². The average Bonchev–Trinajstić information content (AvgIpc) is 3.22. The first kappa shape index (κ1) is 26.2. The number of halogens is 1. The molecule has 1 heterocycles. The zero-order valence-electron chi connectivity index (χ0n) is 19.8. The zero-order valence-corrected chi connectivity index (χ0v) is 22.2. The van der Waals surface area contributed by atoms with Crippen LogP contribution in [-0.2, 0) is 20.7 Å². The van der Waals surface area contributed by atoms with E-state index in [0.29, 0.717) is 23.4 Å². The molecule has 0 bridgehead atoms. The summed E-state index contributed by atoms with van der Waals surface area (Å²) < 4.78 is 5.91. The van der Waals surface area contributed by atoms with Gasteiger partial charge in [-0.1, -0.05) is 58.0 Å². The number of carbonyl (C=O) groups is 3. The van der Waals surface area contributed by atoms with Crippen LogP contribution in [0.2, 0.25) is 0 Å². The van der Waals surface area contributed by atoms with Crippen LogP contribution in [0.3, 0.4) is 0 Å². The fourth-order valence-electron chi connectivity index (χ4n) is 3.73. The molecule has 0 radical (unpaired) electrons. The number of rotatable bonds is 7. The molecule has 9 heteroatoms. The lowest BCUT2D eigenvalue weighted by molar-refractivity contribution is -0.117. The van der Waals surface area contributed by atoms with E-state index in [1.54, 1.807) is 43.3 Å². The van der Waals surface area contributed by atoms with Crippen molar-refractivity contribution in [2.24, 2.45) is 0 Å². The van der Waals surface area contributed by atoms with Gasteiger partial charge in [0.25, 0.3) is 5.91 Å². The summed E-state index contributed by atoms with van der Waals surface area (Å²) in [6.45, 7) is 1.98. The predicted molar refractivity (Wildman–Crippen MR) is 147 cm³/mol. The quantitative estimate of drug-likeness (QED) is 0.221. The summed E-state index contributed by atoms with van der Waals surface area (Å²) in [5.41, 5.74) is 2.12. The minimum Gasteiger partial charge on any atom is -0.462 e. The Labute approximate surface area is 227 Å². The van der Waals surface area contributed by atoms with Crippen molar-refractivity contribution in [2.75, 3.05) is 16.8 Å². The Morgan fingerprint density at radius 2 is 1.73 bits per heavy atom. The molecule has 1 fully saturated rings. The van der Waals surface area contributed by atoms with E-state index in [-0.39, 0.29) is 23.1 Å². The van der Waals surface area contributed by atoms with Crippen molar-refractivity contribution >= 4 is 56.9 Å². The Morgan fingerprint density at radius 3 is 2.35 bits per heavy atom. The average molecular weight is 576 g/mol. The van der Waals surface area contributed by atoms with Crippen molar-refractivity contribution in [3.8, 4) is 6.07 Å². The van der Waals surface area contributed by atoms with E-state index in [4.69, 9.17) is 4.74 Å². The predicted octanol–water partition coefficient (Wildman–Crippen LogP) is 5.69. The number of amides is 2. The third-order valence-corrected chi connectivity index (χ3v) is 7.30. The molecule has 7 nitrogen and oxygen atoms in total. The summed E-state index contributed by atoms with van der Waals surface area (Å²) in [5, 5.41) is 12.5. The second-order valence-electron chi connectivity index (χ2n) is 7.99. The van der Waals surface area contributed by atoms with Gasteiger partial charge >= 0.3 is 5.97 Å². The minimum absolute atomic E-state index is 0.171. The van der Waals surface area contributed by atoms with E-state index in [1.165, 1.54) is 28.8 Å². The van der Waals surface area contributed by atoms with E-state index in [1.807, 2.05) is 36.4 Å². The summed E-state index contributed by atoms with van der Waals surface area (Å²) in [6.07, 6.45) is 0.444. The van der Waals surface area contributed by atoms with Crippen LogP contribution in [0, 0.1) is 11.3 Å². The molecule has 1 atom stereocenters. The van der Waals surface area contributed by atoms with Gasteiger partial charge in [-0.25, -0.2) is 4.79 Å². The van der Waals surface area contributed by atoms with E-state index >= 15 is 0 Å². The number of carbonyl (C=O) groups excluding carboxylic acids is 3. The molecule has 1 aliphatic heterocycles. The van der Waals surface area contributed by atoms with Gasteiger partial charge in [0.1, 0.15) is 16.7 Å². The van der Waals surface area contributed by atoms with E-state index in [2.05, 4.69) is 21.2 Å². The van der Waals surface area contributed by atoms with Crippen molar-refractivity contribution in [1.82, 2.24) is 0 Å². The van der Waals surface area contributed by atoms with Gasteiger partial charge in [-0.3, -0.25) is 14.5 Å². The molecule has 0 unspecified atom stereocenters. The van der Waals surface area contributed by atoms with Crippen LogP contribution in [-0.4, -0.2) is 29.6 Å². The normalized spacial score (nSPS) is 16.2. The Hall–Kier alpha value is -3.87. The van der Waals surface area contributed by atoms with Crippen molar-refractivity contribution in [1.29, 1.82) is 5.26 Å². The Kier molecular flexibility index (Phi) is 8.43. The van der Waals surface area contributed by atoms with Gasteiger partial charge in [-0.15, -0.1) is 0 Å². The number of para-hydroxylation sites is 1. The number of benzene rings is 3. The smallest absolute Gasteiger partial charge is 0.338 e. The van der Waals surface area contributed by atoms with E-state index in [9.17, 15) is 19.6 Å². The number of nitriles is 1. The van der Waals surface area contributed by atoms with Crippen molar-refractivity contribution < 1.29 is 19.1 Å². The molecule has 1 N–H and O–H groups in total. The molecule has 4 rings (SSSR count). The lowest BCUT2D eigenvalue weighted by atomic mass is 10.1. The second kappa shape index (κ2) is 11.9. The molecule has 3 aromatic rings. The van der Waals surface area contributed by atoms with Crippen LogP contribution in [0.4, 0.5) is 11.4 Å². The molecule has 0 aliphatic carbocycles. The number of nitrogens with one attached hydrogen (secondary N) is 1. The maximum Gasteiger partial charge on any atom is 0.338 e. The van der Waals surface area contributed by atoms with Crippen LogP contribution in [0.25, 0.3) is 0 Å². The molecule has 1 saturated heterocycles. The lowest BCUT2D eigenvalue weighted by Crippen LogP contribution is -2.30. The highest BCUT2D eigenvalue weighted by atomic mass is 79.9. The van der Waals surface area contributed by atoms with Gasteiger partial charge in [0.05, 0.1) is 17.4 Å². The van der Waals surface area contributed by atoms with E-state index < -0.39 is 17.1 Å². The van der Waals surface area contributed by atoms with Gasteiger partial charge in [0.15, 0.2) is 0 Å². The highest BCUT2D eigenvalue weighted by Gasteiger charge is 2.40. The largest absolute Gasteiger partial charge is 0.462 e. The third kappa shape index (κ3) is 6.10. The van der Waals surface area contributed by atoms with Gasteiger partial charge in [0.2, 0.25) is 5.91 Å². The van der Waals surface area contributed by atoms with Crippen molar-refractivity contribution in [3.63, 3.8) is 0 Å². The second-order valence-corrected chi connectivity index (χ2v) is 10.1. The summed E-state index contributed by atoms with van der Waals surface area (Å²) in [5.74, 6) is -1.31.